The molecular formula is C23H27N3O4S2. The van der Waals surface area contributed by atoms with Crippen molar-refractivity contribution in [1.29, 1.82) is 0 Å². The lowest BCUT2D eigenvalue weighted by atomic mass is 9.94. The molecule has 0 radical (unpaired) electrons. The van der Waals surface area contributed by atoms with E-state index in [4.69, 9.17) is 4.74 Å². The molecule has 0 spiro atoms. The highest BCUT2D eigenvalue weighted by atomic mass is 32.2. The minimum absolute atomic E-state index is 0.201. The highest BCUT2D eigenvalue weighted by Crippen LogP contribution is 2.28. The van der Waals surface area contributed by atoms with Crippen LogP contribution >= 0.6 is 11.3 Å². The Morgan fingerprint density at radius 1 is 1.09 bits per heavy atom. The number of carbonyl (C=O) groups excluding carboxylic acids is 1. The quantitative estimate of drug-likeness (QED) is 0.579. The van der Waals surface area contributed by atoms with Crippen LogP contribution in [0.15, 0.2) is 52.4 Å². The van der Waals surface area contributed by atoms with Gasteiger partial charge in [0.25, 0.3) is 5.91 Å². The Hall–Kier alpha value is -2.49. The van der Waals surface area contributed by atoms with Gasteiger partial charge in [-0.05, 0) is 54.7 Å². The third-order valence-corrected chi connectivity index (χ3v) is 8.72. The normalized spacial score (nSPS) is 20.6. The minimum Gasteiger partial charge on any atom is -0.495 e. The molecule has 2 atom stereocenters. The molecule has 9 heteroatoms. The Morgan fingerprint density at radius 3 is 2.38 bits per heavy atom. The molecule has 0 unspecified atom stereocenters. The number of rotatable bonds is 4. The first-order chi connectivity index (χ1) is 15.2. The fraction of sp³-hybridized carbons (Fsp3) is 0.391. The van der Waals surface area contributed by atoms with Gasteiger partial charge in [0, 0.05) is 25.7 Å². The Morgan fingerprint density at radius 2 is 1.75 bits per heavy atom. The summed E-state index contributed by atoms with van der Waals surface area (Å²) < 4.78 is 35.9. The van der Waals surface area contributed by atoms with Gasteiger partial charge in [0.15, 0.2) is 4.80 Å². The van der Waals surface area contributed by atoms with Gasteiger partial charge < -0.3 is 9.30 Å². The van der Waals surface area contributed by atoms with Crippen molar-refractivity contribution in [3.05, 3.63) is 52.8 Å². The van der Waals surface area contributed by atoms with E-state index < -0.39 is 15.9 Å². The molecule has 32 heavy (non-hydrogen) atoms. The minimum atomic E-state index is -3.59. The fourth-order valence-electron chi connectivity index (χ4n) is 4.31. The molecule has 0 aliphatic carbocycles. The number of piperidine rings is 1. The Balaban J connectivity index is 1.62. The first-order valence-electron chi connectivity index (χ1n) is 10.5. The third kappa shape index (κ3) is 4.24. The number of sulfonamides is 1. The van der Waals surface area contributed by atoms with E-state index in [0.717, 1.165) is 16.6 Å². The van der Waals surface area contributed by atoms with Crippen LogP contribution in [-0.4, -0.2) is 43.4 Å². The zero-order valence-electron chi connectivity index (χ0n) is 18.6. The number of aromatic nitrogens is 1. The van der Waals surface area contributed by atoms with Crippen LogP contribution in [0, 0.1) is 11.8 Å². The number of aryl methyl sites for hydroxylation is 1. The number of methoxy groups -OCH3 is 1. The molecule has 170 valence electrons. The molecule has 1 amide bonds. The van der Waals surface area contributed by atoms with E-state index in [0.29, 0.717) is 41.0 Å². The summed E-state index contributed by atoms with van der Waals surface area (Å²) >= 11 is 1.40. The molecule has 0 bridgehead atoms. The molecule has 1 saturated heterocycles. The lowest BCUT2D eigenvalue weighted by molar-refractivity contribution is 0.0998. The average molecular weight is 474 g/mol. The molecule has 1 fully saturated rings. The second kappa shape index (κ2) is 8.80. The number of carbonyl (C=O) groups is 1. The lowest BCUT2D eigenvalue weighted by Gasteiger charge is -2.34. The van der Waals surface area contributed by atoms with Gasteiger partial charge >= 0.3 is 0 Å². The highest BCUT2D eigenvalue weighted by Gasteiger charge is 2.31. The van der Waals surface area contributed by atoms with Gasteiger partial charge in [0.2, 0.25) is 10.0 Å². The van der Waals surface area contributed by atoms with Crippen LogP contribution in [0.3, 0.4) is 0 Å². The number of hydrogen-bond donors (Lipinski definition) is 0. The lowest BCUT2D eigenvalue weighted by Crippen LogP contribution is -2.42. The van der Waals surface area contributed by atoms with Crippen LogP contribution in [0.4, 0.5) is 0 Å². The predicted octanol–water partition coefficient (Wildman–Crippen LogP) is 3.66. The first kappa shape index (κ1) is 22.7. The van der Waals surface area contributed by atoms with E-state index >= 15 is 0 Å². The smallest absolute Gasteiger partial charge is 0.279 e. The maximum atomic E-state index is 13.1. The van der Waals surface area contributed by atoms with E-state index in [1.54, 1.807) is 11.4 Å². The SMILES string of the molecule is COc1cccc2sc(=NC(=O)c3ccc(S(=O)(=O)N4C[C@H](C)C[C@@H](C)C4)cc3)n(C)c12. The number of ether oxygens (including phenoxy) is 1. The fourth-order valence-corrected chi connectivity index (χ4v) is 7.03. The van der Waals surface area contributed by atoms with Crippen molar-refractivity contribution in [2.75, 3.05) is 20.2 Å². The van der Waals surface area contributed by atoms with Gasteiger partial charge in [-0.15, -0.1) is 0 Å². The molecule has 2 heterocycles. The van der Waals surface area contributed by atoms with Gasteiger partial charge in [0.05, 0.1) is 16.7 Å². The number of thiazole rings is 1. The summed E-state index contributed by atoms with van der Waals surface area (Å²) in [5.74, 6) is 0.948. The van der Waals surface area contributed by atoms with Gasteiger partial charge in [-0.1, -0.05) is 31.3 Å². The van der Waals surface area contributed by atoms with E-state index in [-0.39, 0.29) is 4.90 Å². The first-order valence-corrected chi connectivity index (χ1v) is 12.8. The van der Waals surface area contributed by atoms with Crippen molar-refractivity contribution < 1.29 is 17.9 Å². The maximum absolute atomic E-state index is 13.1. The van der Waals surface area contributed by atoms with Crippen LogP contribution in [0.2, 0.25) is 0 Å². The summed E-state index contributed by atoms with van der Waals surface area (Å²) in [7, 11) is -0.142. The van der Waals surface area contributed by atoms with Crippen LogP contribution in [0.5, 0.6) is 5.75 Å². The van der Waals surface area contributed by atoms with E-state index in [1.807, 2.05) is 29.8 Å². The van der Waals surface area contributed by atoms with Crippen LogP contribution in [-0.2, 0) is 17.1 Å². The molecule has 1 aliphatic heterocycles. The van der Waals surface area contributed by atoms with Crippen molar-refractivity contribution in [3.63, 3.8) is 0 Å². The summed E-state index contributed by atoms with van der Waals surface area (Å²) in [4.78, 5) is 17.8. The number of para-hydroxylation sites is 1. The average Bonchev–Trinajstić information content (AvgIpc) is 3.08. The zero-order valence-corrected chi connectivity index (χ0v) is 20.2. The number of benzene rings is 2. The summed E-state index contributed by atoms with van der Waals surface area (Å²) in [5, 5.41) is 0. The Bertz CT molecular complexity index is 1310. The summed E-state index contributed by atoms with van der Waals surface area (Å²) in [6.07, 6.45) is 1.03. The zero-order chi connectivity index (χ0) is 23.0. The molecule has 1 aliphatic rings. The molecule has 0 saturated carbocycles. The van der Waals surface area contributed by atoms with E-state index in [9.17, 15) is 13.2 Å². The van der Waals surface area contributed by atoms with Gasteiger partial charge in [-0.2, -0.15) is 9.30 Å². The second-order valence-corrected chi connectivity index (χ2v) is 11.4. The van der Waals surface area contributed by atoms with Crippen LogP contribution in [0.1, 0.15) is 30.6 Å². The standard InChI is InChI=1S/C23H27N3O4S2/c1-15-12-16(2)14-26(13-15)32(28,29)18-10-8-17(9-11-18)22(27)24-23-25(3)21-19(30-4)6-5-7-20(21)31-23/h5-11,15-16H,12-14H2,1-4H3/t15-,16-/m1/s1. The largest absolute Gasteiger partial charge is 0.495 e. The Kier molecular flexibility index (Phi) is 6.24. The summed E-state index contributed by atoms with van der Waals surface area (Å²) in [6.45, 7) is 5.19. The highest BCUT2D eigenvalue weighted by molar-refractivity contribution is 7.89. The van der Waals surface area contributed by atoms with Crippen molar-refractivity contribution in [1.82, 2.24) is 8.87 Å². The number of nitrogens with zero attached hydrogens (tertiary/aromatic N) is 3. The summed E-state index contributed by atoms with van der Waals surface area (Å²) in [6, 6.07) is 11.8. The Labute approximate surface area is 192 Å². The van der Waals surface area contributed by atoms with Gasteiger partial charge in [-0.3, -0.25) is 4.79 Å². The molecular weight excluding hydrogens is 446 g/mol. The monoisotopic (exact) mass is 473 g/mol. The number of fused-ring (bicyclic) bond motifs is 1. The molecule has 3 aromatic rings. The third-order valence-electron chi connectivity index (χ3n) is 5.78. The van der Waals surface area contributed by atoms with Crippen LogP contribution < -0.4 is 9.54 Å². The van der Waals surface area contributed by atoms with E-state index in [2.05, 4.69) is 18.8 Å². The number of amides is 1. The van der Waals surface area contributed by atoms with Crippen LogP contribution in [0.25, 0.3) is 10.2 Å². The van der Waals surface area contributed by atoms with Crippen molar-refractivity contribution in [2.24, 2.45) is 23.9 Å². The molecule has 4 rings (SSSR count). The predicted molar refractivity (Wildman–Crippen MR) is 125 cm³/mol. The number of hydrogen-bond acceptors (Lipinski definition) is 5. The molecule has 2 aromatic carbocycles. The van der Waals surface area contributed by atoms with Crippen molar-refractivity contribution in [3.8, 4) is 5.75 Å². The summed E-state index contributed by atoms with van der Waals surface area (Å²) in [5.41, 5.74) is 1.21. The maximum Gasteiger partial charge on any atom is 0.279 e. The molecule has 7 nitrogen and oxygen atoms in total. The van der Waals surface area contributed by atoms with E-state index in [1.165, 1.54) is 35.6 Å². The van der Waals surface area contributed by atoms with Crippen molar-refractivity contribution >= 4 is 37.5 Å². The van der Waals surface area contributed by atoms with Crippen molar-refractivity contribution in [2.45, 2.75) is 25.2 Å². The molecule has 1 aromatic heterocycles. The van der Waals surface area contributed by atoms with Gasteiger partial charge in [0.1, 0.15) is 11.3 Å². The van der Waals surface area contributed by atoms with Gasteiger partial charge in [-0.25, -0.2) is 8.42 Å². The second-order valence-electron chi connectivity index (χ2n) is 8.46. The molecule has 0 N–H and O–H groups in total. The topological polar surface area (TPSA) is 81.0 Å².